The SMILES string of the molecule is CC(=CCN1CCCC(C(N)=O)C1)C(=O)O. The van der Waals surface area contributed by atoms with Crippen molar-refractivity contribution in [3.05, 3.63) is 11.6 Å². The van der Waals surface area contributed by atoms with Crippen molar-refractivity contribution in [2.45, 2.75) is 19.8 Å². The number of rotatable bonds is 4. The average molecular weight is 226 g/mol. The zero-order valence-corrected chi connectivity index (χ0v) is 9.48. The lowest BCUT2D eigenvalue weighted by Crippen LogP contribution is -2.41. The van der Waals surface area contributed by atoms with E-state index in [2.05, 4.69) is 4.90 Å². The number of amides is 1. The topological polar surface area (TPSA) is 83.6 Å². The minimum absolute atomic E-state index is 0.0905. The van der Waals surface area contributed by atoms with Crippen LogP contribution in [-0.4, -0.2) is 41.5 Å². The van der Waals surface area contributed by atoms with E-state index < -0.39 is 5.97 Å². The highest BCUT2D eigenvalue weighted by Crippen LogP contribution is 2.15. The summed E-state index contributed by atoms with van der Waals surface area (Å²) in [5.74, 6) is -1.25. The van der Waals surface area contributed by atoms with Gasteiger partial charge in [0.2, 0.25) is 5.91 Å². The summed E-state index contributed by atoms with van der Waals surface area (Å²) in [5, 5.41) is 8.69. The van der Waals surface area contributed by atoms with Crippen molar-refractivity contribution in [1.29, 1.82) is 0 Å². The van der Waals surface area contributed by atoms with E-state index in [1.807, 2.05) is 0 Å². The maximum Gasteiger partial charge on any atom is 0.330 e. The molecule has 1 saturated heterocycles. The lowest BCUT2D eigenvalue weighted by Gasteiger charge is -2.30. The van der Waals surface area contributed by atoms with Crippen molar-refractivity contribution in [2.75, 3.05) is 19.6 Å². The molecule has 1 amide bonds. The van der Waals surface area contributed by atoms with Crippen molar-refractivity contribution < 1.29 is 14.7 Å². The van der Waals surface area contributed by atoms with Gasteiger partial charge in [-0.3, -0.25) is 9.69 Å². The Bertz CT molecular complexity index is 312. The molecule has 16 heavy (non-hydrogen) atoms. The molecule has 0 radical (unpaired) electrons. The van der Waals surface area contributed by atoms with E-state index in [4.69, 9.17) is 10.8 Å². The molecule has 0 aromatic rings. The number of aliphatic carboxylic acids is 1. The van der Waals surface area contributed by atoms with Crippen LogP contribution in [0.3, 0.4) is 0 Å². The number of likely N-dealkylation sites (tertiary alicyclic amines) is 1. The number of carboxylic acid groups (broad SMARTS) is 1. The van der Waals surface area contributed by atoms with Crippen LogP contribution in [0.1, 0.15) is 19.8 Å². The molecule has 1 heterocycles. The van der Waals surface area contributed by atoms with Crippen LogP contribution in [0.5, 0.6) is 0 Å². The van der Waals surface area contributed by atoms with E-state index in [-0.39, 0.29) is 11.8 Å². The molecule has 5 heteroatoms. The summed E-state index contributed by atoms with van der Waals surface area (Å²) in [6.45, 7) is 3.67. The third kappa shape index (κ3) is 3.66. The maximum absolute atomic E-state index is 11.0. The molecule has 1 aliphatic rings. The molecule has 3 N–H and O–H groups in total. The third-order valence-corrected chi connectivity index (χ3v) is 2.90. The summed E-state index contributed by atoms with van der Waals surface area (Å²) in [5.41, 5.74) is 5.59. The van der Waals surface area contributed by atoms with E-state index in [1.54, 1.807) is 13.0 Å². The summed E-state index contributed by atoms with van der Waals surface area (Å²) in [4.78, 5) is 23.7. The Hall–Kier alpha value is -1.36. The number of nitrogens with two attached hydrogens (primary N) is 1. The number of carboxylic acids is 1. The van der Waals surface area contributed by atoms with Crippen molar-refractivity contribution in [1.82, 2.24) is 4.90 Å². The van der Waals surface area contributed by atoms with Crippen molar-refractivity contribution in [3.63, 3.8) is 0 Å². The van der Waals surface area contributed by atoms with Crippen LogP contribution in [-0.2, 0) is 9.59 Å². The van der Waals surface area contributed by atoms with Crippen LogP contribution in [0.2, 0.25) is 0 Å². The first-order valence-corrected chi connectivity index (χ1v) is 5.42. The summed E-state index contributed by atoms with van der Waals surface area (Å²) in [6.07, 6.45) is 3.45. The Morgan fingerprint density at radius 1 is 1.56 bits per heavy atom. The zero-order chi connectivity index (χ0) is 12.1. The molecule has 1 atom stereocenters. The Morgan fingerprint density at radius 2 is 2.25 bits per heavy atom. The summed E-state index contributed by atoms with van der Waals surface area (Å²) in [7, 11) is 0. The minimum Gasteiger partial charge on any atom is -0.478 e. The van der Waals surface area contributed by atoms with Gasteiger partial charge in [0.25, 0.3) is 0 Å². The van der Waals surface area contributed by atoms with Gasteiger partial charge in [0.1, 0.15) is 0 Å². The van der Waals surface area contributed by atoms with E-state index in [9.17, 15) is 9.59 Å². The first-order valence-electron chi connectivity index (χ1n) is 5.42. The van der Waals surface area contributed by atoms with Crippen LogP contribution in [0.15, 0.2) is 11.6 Å². The molecule has 1 fully saturated rings. The van der Waals surface area contributed by atoms with Gasteiger partial charge in [-0.1, -0.05) is 6.08 Å². The van der Waals surface area contributed by atoms with Crippen LogP contribution in [0.25, 0.3) is 0 Å². The van der Waals surface area contributed by atoms with Crippen LogP contribution < -0.4 is 5.73 Å². The first-order chi connectivity index (χ1) is 7.50. The fourth-order valence-electron chi connectivity index (χ4n) is 1.81. The van der Waals surface area contributed by atoms with E-state index in [0.29, 0.717) is 18.7 Å². The second-order valence-electron chi connectivity index (χ2n) is 4.19. The highest BCUT2D eigenvalue weighted by atomic mass is 16.4. The molecule has 1 aliphatic heterocycles. The number of carbonyl (C=O) groups is 2. The summed E-state index contributed by atoms with van der Waals surface area (Å²) < 4.78 is 0. The summed E-state index contributed by atoms with van der Waals surface area (Å²) in [6, 6.07) is 0. The third-order valence-electron chi connectivity index (χ3n) is 2.90. The van der Waals surface area contributed by atoms with E-state index in [1.165, 1.54) is 0 Å². The highest BCUT2D eigenvalue weighted by molar-refractivity contribution is 5.85. The Morgan fingerprint density at radius 3 is 2.81 bits per heavy atom. The molecule has 1 rings (SSSR count). The van der Waals surface area contributed by atoms with Crippen molar-refractivity contribution in [2.24, 2.45) is 11.7 Å². The number of nitrogens with zero attached hydrogens (tertiary/aromatic N) is 1. The number of hydrogen-bond acceptors (Lipinski definition) is 3. The van der Waals surface area contributed by atoms with Gasteiger partial charge in [0.05, 0.1) is 5.92 Å². The van der Waals surface area contributed by atoms with Gasteiger partial charge in [-0.2, -0.15) is 0 Å². The zero-order valence-electron chi connectivity index (χ0n) is 9.48. The summed E-state index contributed by atoms with van der Waals surface area (Å²) >= 11 is 0. The molecule has 0 spiro atoms. The minimum atomic E-state index is -0.900. The lowest BCUT2D eigenvalue weighted by molar-refractivity contribution is -0.132. The Balaban J connectivity index is 2.46. The molecule has 0 aliphatic carbocycles. The molecule has 5 nitrogen and oxygen atoms in total. The molecular weight excluding hydrogens is 208 g/mol. The molecule has 90 valence electrons. The lowest BCUT2D eigenvalue weighted by atomic mass is 9.97. The quantitative estimate of drug-likeness (QED) is 0.671. The number of primary amides is 1. The standard InChI is InChI=1S/C11H18N2O3/c1-8(11(15)16)4-6-13-5-2-3-9(7-13)10(12)14/h4,9H,2-3,5-7H2,1H3,(H2,12,14)(H,15,16). The average Bonchev–Trinajstić information content (AvgIpc) is 2.26. The predicted octanol–water partition coefficient (Wildman–Crippen LogP) is 0.215. The second kappa shape index (κ2) is 5.65. The van der Waals surface area contributed by atoms with Gasteiger partial charge in [-0.05, 0) is 26.3 Å². The van der Waals surface area contributed by atoms with Crippen LogP contribution in [0, 0.1) is 5.92 Å². The molecule has 0 aromatic heterocycles. The Labute approximate surface area is 94.9 Å². The van der Waals surface area contributed by atoms with Gasteiger partial charge in [0.15, 0.2) is 0 Å². The fourth-order valence-corrected chi connectivity index (χ4v) is 1.81. The van der Waals surface area contributed by atoms with Crippen LogP contribution >= 0.6 is 0 Å². The van der Waals surface area contributed by atoms with Crippen molar-refractivity contribution in [3.8, 4) is 0 Å². The molecule has 1 unspecified atom stereocenters. The van der Waals surface area contributed by atoms with Gasteiger partial charge >= 0.3 is 5.97 Å². The van der Waals surface area contributed by atoms with Crippen molar-refractivity contribution >= 4 is 11.9 Å². The molecule has 0 bridgehead atoms. The predicted molar refractivity (Wildman–Crippen MR) is 59.8 cm³/mol. The van der Waals surface area contributed by atoms with E-state index >= 15 is 0 Å². The monoisotopic (exact) mass is 226 g/mol. The normalized spacial score (nSPS) is 23.1. The van der Waals surface area contributed by atoms with Gasteiger partial charge < -0.3 is 10.8 Å². The smallest absolute Gasteiger partial charge is 0.330 e. The van der Waals surface area contributed by atoms with Gasteiger partial charge in [-0.15, -0.1) is 0 Å². The first kappa shape index (κ1) is 12.7. The Kier molecular flexibility index (Phi) is 4.49. The molecule has 0 aromatic carbocycles. The molecule has 0 saturated carbocycles. The van der Waals surface area contributed by atoms with Gasteiger partial charge in [0, 0.05) is 18.7 Å². The largest absolute Gasteiger partial charge is 0.478 e. The van der Waals surface area contributed by atoms with E-state index in [0.717, 1.165) is 19.4 Å². The maximum atomic E-state index is 11.0. The van der Waals surface area contributed by atoms with Gasteiger partial charge in [-0.25, -0.2) is 4.79 Å². The number of carbonyl (C=O) groups excluding carboxylic acids is 1. The highest BCUT2D eigenvalue weighted by Gasteiger charge is 2.23. The molecular formula is C11H18N2O3. The number of hydrogen-bond donors (Lipinski definition) is 2. The fraction of sp³-hybridized carbons (Fsp3) is 0.636. The number of piperidine rings is 1. The van der Waals surface area contributed by atoms with Crippen LogP contribution in [0.4, 0.5) is 0 Å². The second-order valence-corrected chi connectivity index (χ2v) is 4.19.